The molecular formula is C20H24ClO2SiV. The van der Waals surface area contributed by atoms with Crippen LogP contribution in [0.2, 0.25) is 19.6 Å². The summed E-state index contributed by atoms with van der Waals surface area (Å²) >= 11 is 0. The number of allylic oxidation sites excluding steroid dienone is 4. The maximum absolute atomic E-state index is 10.3. The topological polar surface area (TPSA) is 46.1 Å². The molecule has 2 nitrogen and oxygen atoms in total. The Labute approximate surface area is 172 Å². The summed E-state index contributed by atoms with van der Waals surface area (Å²) in [5.41, 5.74) is 0. The van der Waals surface area contributed by atoms with Crippen molar-refractivity contribution < 1.29 is 41.2 Å². The summed E-state index contributed by atoms with van der Waals surface area (Å²) in [5, 5.41) is 20.5. The van der Waals surface area contributed by atoms with Crippen molar-refractivity contribution in [3.8, 4) is 11.5 Å². The largest absolute Gasteiger partial charge is 4.00 e. The molecule has 2 aromatic carbocycles. The van der Waals surface area contributed by atoms with Crippen molar-refractivity contribution in [3.63, 3.8) is 0 Å². The van der Waals surface area contributed by atoms with Crippen molar-refractivity contribution in [2.45, 2.75) is 26.1 Å². The van der Waals surface area contributed by atoms with Crippen LogP contribution in [0.1, 0.15) is 6.42 Å². The molecule has 0 bridgehead atoms. The van der Waals surface area contributed by atoms with Crippen molar-refractivity contribution >= 4 is 8.80 Å². The summed E-state index contributed by atoms with van der Waals surface area (Å²) in [5.74, 6) is 0.144. The number of halogens is 1. The van der Waals surface area contributed by atoms with E-state index in [1.54, 1.807) is 24.3 Å². The van der Waals surface area contributed by atoms with Gasteiger partial charge in [0.1, 0.15) is 0 Å². The van der Waals surface area contributed by atoms with Crippen LogP contribution in [0.3, 0.4) is 0 Å². The molecule has 5 heteroatoms. The molecule has 132 valence electrons. The van der Waals surface area contributed by atoms with Gasteiger partial charge in [-0.05, 0) is 0 Å². The first-order chi connectivity index (χ1) is 11.0. The number of para-hydroxylation sites is 2. The Hall–Kier alpha value is -1.39. The van der Waals surface area contributed by atoms with Crippen LogP contribution < -0.4 is 22.6 Å². The molecule has 0 aliphatic heterocycles. The van der Waals surface area contributed by atoms with E-state index in [0.717, 1.165) is 6.42 Å². The quantitative estimate of drug-likeness (QED) is 0.484. The van der Waals surface area contributed by atoms with Crippen molar-refractivity contribution in [1.29, 1.82) is 0 Å². The Bertz CT molecular complexity index is 496. The van der Waals surface area contributed by atoms with Crippen LogP contribution in [0.25, 0.3) is 0 Å². The fraction of sp³-hybridized carbons (Fsp3) is 0.200. The zero-order valence-corrected chi connectivity index (χ0v) is 18.0. The molecule has 0 atom stereocenters. The van der Waals surface area contributed by atoms with Crippen molar-refractivity contribution in [2.75, 3.05) is 0 Å². The minimum Gasteiger partial charge on any atom is -1.00 e. The molecule has 1 aliphatic carbocycles. The Morgan fingerprint density at radius 3 is 1.28 bits per heavy atom. The second-order valence-corrected chi connectivity index (χ2v) is 8.13. The molecule has 25 heavy (non-hydrogen) atoms. The molecule has 1 aliphatic rings. The first kappa shape index (κ1) is 28.4. The van der Waals surface area contributed by atoms with E-state index in [0.29, 0.717) is 0 Å². The van der Waals surface area contributed by atoms with Crippen LogP contribution in [0.5, 0.6) is 11.5 Å². The van der Waals surface area contributed by atoms with Crippen molar-refractivity contribution in [2.24, 2.45) is 0 Å². The van der Waals surface area contributed by atoms with Gasteiger partial charge in [0.2, 0.25) is 0 Å². The average molecular weight is 411 g/mol. The van der Waals surface area contributed by atoms with Crippen LogP contribution in [0.15, 0.2) is 78.9 Å². The molecule has 3 rings (SSSR count). The van der Waals surface area contributed by atoms with Crippen LogP contribution in [-0.4, -0.2) is 8.80 Å². The molecule has 0 amide bonds. The van der Waals surface area contributed by atoms with Crippen LogP contribution in [0.4, 0.5) is 0 Å². The molecule has 0 saturated carbocycles. The smallest absolute Gasteiger partial charge is 1.00 e. The number of hydrogen-bond donors (Lipinski definition) is 0. The maximum atomic E-state index is 10.3. The van der Waals surface area contributed by atoms with Gasteiger partial charge in [-0.3, -0.25) is 6.08 Å². The zero-order valence-electron chi connectivity index (χ0n) is 14.9. The molecule has 0 N–H and O–H groups in total. The van der Waals surface area contributed by atoms with E-state index in [4.69, 9.17) is 0 Å². The van der Waals surface area contributed by atoms with Gasteiger partial charge in [0.15, 0.2) is 0 Å². The molecule has 0 unspecified atom stereocenters. The number of hydrogen-bond acceptors (Lipinski definition) is 2. The second kappa shape index (κ2) is 20.7. The fourth-order valence-electron chi connectivity index (χ4n) is 1.18. The van der Waals surface area contributed by atoms with E-state index in [1.807, 2.05) is 24.3 Å². The SMILES string of the molecule is C[Si](C)C.[C-]1=CC=CC1.[Cl-].[O-]c1ccccc1.[O-]c1ccccc1.[V+4]. The van der Waals surface area contributed by atoms with E-state index in [-0.39, 0.29) is 51.3 Å². The molecule has 0 aromatic heterocycles. The number of rotatable bonds is 0. The minimum absolute atomic E-state index is 0. The molecule has 0 heterocycles. The van der Waals surface area contributed by atoms with Gasteiger partial charge in [-0.25, -0.2) is 12.2 Å². The van der Waals surface area contributed by atoms with E-state index in [1.165, 1.54) is 24.3 Å². The molecule has 2 aromatic rings. The molecular weight excluding hydrogens is 387 g/mol. The van der Waals surface area contributed by atoms with E-state index < -0.39 is 0 Å². The van der Waals surface area contributed by atoms with Gasteiger partial charge in [-0.2, -0.15) is 6.08 Å². The summed E-state index contributed by atoms with van der Waals surface area (Å²) < 4.78 is 0. The molecule has 0 spiro atoms. The Balaban J connectivity index is -0.000000258. The Morgan fingerprint density at radius 1 is 0.800 bits per heavy atom. The zero-order chi connectivity index (χ0) is 17.3. The van der Waals surface area contributed by atoms with Crippen LogP contribution >= 0.6 is 0 Å². The maximum Gasteiger partial charge on any atom is 4.00 e. The van der Waals surface area contributed by atoms with Gasteiger partial charge in [0.05, 0.1) is 0 Å². The van der Waals surface area contributed by atoms with Crippen molar-refractivity contribution in [1.82, 2.24) is 0 Å². The summed E-state index contributed by atoms with van der Waals surface area (Å²) in [6.45, 7) is 6.81. The predicted molar refractivity (Wildman–Crippen MR) is 96.7 cm³/mol. The average Bonchev–Trinajstić information content (AvgIpc) is 3.08. The summed E-state index contributed by atoms with van der Waals surface area (Å²) in [6, 6.07) is 16.7. The Morgan fingerprint density at radius 2 is 1.16 bits per heavy atom. The van der Waals surface area contributed by atoms with Gasteiger partial charge >= 0.3 is 18.6 Å². The van der Waals surface area contributed by atoms with Crippen LogP contribution in [0, 0.1) is 6.08 Å². The molecule has 0 fully saturated rings. The number of benzene rings is 2. The van der Waals surface area contributed by atoms with Gasteiger partial charge in [0, 0.05) is 8.80 Å². The second-order valence-electron chi connectivity index (χ2n) is 5.13. The van der Waals surface area contributed by atoms with E-state index >= 15 is 0 Å². The fourth-order valence-corrected chi connectivity index (χ4v) is 1.18. The first-order valence-electron chi connectivity index (χ1n) is 7.45. The van der Waals surface area contributed by atoms with Crippen molar-refractivity contribution in [3.05, 3.63) is 85.0 Å². The standard InChI is InChI=1S/2C6H6O.C5H5.C3H9Si.ClH.V/c2*7-6-4-2-1-3-5-6;1-2-4-5-3-1;1-4(2)3;;/h2*1-5,7H;1-3H,4H2;1-3H3;1H;/q;;-1;;;+4/p-3. The van der Waals surface area contributed by atoms with Gasteiger partial charge in [-0.1, -0.05) is 80.3 Å². The van der Waals surface area contributed by atoms with Gasteiger partial charge in [-0.15, -0.1) is 17.9 Å². The third kappa shape index (κ3) is 25.0. The predicted octanol–water partition coefficient (Wildman–Crippen LogP) is 1.20. The third-order valence-electron chi connectivity index (χ3n) is 2.07. The molecule has 2 radical (unpaired) electrons. The van der Waals surface area contributed by atoms with Gasteiger partial charge < -0.3 is 22.6 Å². The van der Waals surface area contributed by atoms with E-state index in [9.17, 15) is 10.2 Å². The van der Waals surface area contributed by atoms with Crippen LogP contribution in [-0.2, 0) is 18.6 Å². The minimum atomic E-state index is 0. The summed E-state index contributed by atoms with van der Waals surface area (Å²) in [7, 11) is 0.120. The summed E-state index contributed by atoms with van der Waals surface area (Å²) in [6.07, 6.45) is 10.0. The monoisotopic (exact) mass is 410 g/mol. The Kier molecular flexibility index (Phi) is 23.5. The van der Waals surface area contributed by atoms with Gasteiger partial charge in [0.25, 0.3) is 0 Å². The normalized spacial score (nSPS) is 9.76. The van der Waals surface area contributed by atoms with E-state index in [2.05, 4.69) is 31.8 Å². The summed E-state index contributed by atoms with van der Waals surface area (Å²) in [4.78, 5) is 0. The third-order valence-corrected chi connectivity index (χ3v) is 2.07. The first-order valence-corrected chi connectivity index (χ1v) is 10.4. The molecule has 0 saturated heterocycles.